The maximum absolute atomic E-state index is 12.4. The summed E-state index contributed by atoms with van der Waals surface area (Å²) >= 11 is 0. The zero-order valence-corrected chi connectivity index (χ0v) is 13.0. The van der Waals surface area contributed by atoms with E-state index in [1.807, 2.05) is 24.3 Å². The molecule has 1 aromatic carbocycles. The minimum Gasteiger partial charge on any atom is -0.495 e. The van der Waals surface area contributed by atoms with Crippen molar-refractivity contribution in [1.29, 1.82) is 0 Å². The Hall–Kier alpha value is -3.09. The number of hydrogen-bond donors (Lipinski definition) is 0. The third-order valence-electron chi connectivity index (χ3n) is 4.04. The first-order valence-corrected chi connectivity index (χ1v) is 7.57. The Morgan fingerprint density at radius 3 is 2.92 bits per heavy atom. The molecule has 1 fully saturated rings. The Morgan fingerprint density at radius 2 is 2.12 bits per heavy atom. The lowest BCUT2D eigenvalue weighted by molar-refractivity contribution is -0.117. The molecule has 7 heteroatoms. The SMILES string of the molecule is COc1ccccc1N1CC(c2noc(-c3ccco3)n2)CC1=O. The minimum absolute atomic E-state index is 0.00819. The van der Waals surface area contributed by atoms with E-state index in [0.29, 0.717) is 36.2 Å². The number of aromatic nitrogens is 2. The van der Waals surface area contributed by atoms with Crippen molar-refractivity contribution < 1.29 is 18.5 Å². The summed E-state index contributed by atoms with van der Waals surface area (Å²) in [7, 11) is 1.59. The second-order valence-corrected chi connectivity index (χ2v) is 5.51. The van der Waals surface area contributed by atoms with Gasteiger partial charge < -0.3 is 18.6 Å². The molecule has 1 aliphatic heterocycles. The molecule has 3 aromatic rings. The lowest BCUT2D eigenvalue weighted by Crippen LogP contribution is -2.24. The maximum atomic E-state index is 12.4. The molecule has 0 bridgehead atoms. The fourth-order valence-corrected chi connectivity index (χ4v) is 2.87. The van der Waals surface area contributed by atoms with Crippen LogP contribution in [0.15, 0.2) is 51.6 Å². The minimum atomic E-state index is -0.130. The first-order valence-electron chi connectivity index (χ1n) is 7.57. The van der Waals surface area contributed by atoms with Crippen LogP contribution in [0.5, 0.6) is 5.75 Å². The van der Waals surface area contributed by atoms with Crippen molar-refractivity contribution in [2.75, 3.05) is 18.6 Å². The largest absolute Gasteiger partial charge is 0.495 e. The molecule has 3 heterocycles. The highest BCUT2D eigenvalue weighted by Crippen LogP contribution is 2.36. The van der Waals surface area contributed by atoms with E-state index in [0.717, 1.165) is 5.69 Å². The smallest absolute Gasteiger partial charge is 0.293 e. The van der Waals surface area contributed by atoms with E-state index < -0.39 is 0 Å². The van der Waals surface area contributed by atoms with Gasteiger partial charge in [0, 0.05) is 18.9 Å². The highest BCUT2D eigenvalue weighted by Gasteiger charge is 2.35. The molecule has 1 aliphatic rings. The van der Waals surface area contributed by atoms with E-state index in [1.54, 1.807) is 30.4 Å². The van der Waals surface area contributed by atoms with Gasteiger partial charge in [-0.25, -0.2) is 0 Å². The number of furan rings is 1. The molecule has 24 heavy (non-hydrogen) atoms. The standard InChI is InChI=1S/C17H15N3O4/c1-22-13-6-3-2-5-12(13)20-10-11(9-15(20)21)16-18-17(24-19-16)14-7-4-8-23-14/h2-8,11H,9-10H2,1H3. The van der Waals surface area contributed by atoms with Crippen LogP contribution >= 0.6 is 0 Å². The van der Waals surface area contributed by atoms with Crippen LogP contribution in [0.25, 0.3) is 11.7 Å². The number of methoxy groups -OCH3 is 1. The second kappa shape index (κ2) is 5.84. The van der Waals surface area contributed by atoms with Gasteiger partial charge in [-0.2, -0.15) is 4.98 Å². The molecule has 0 spiro atoms. The molecular weight excluding hydrogens is 310 g/mol. The van der Waals surface area contributed by atoms with Gasteiger partial charge in [0.05, 0.1) is 19.1 Å². The molecule has 1 unspecified atom stereocenters. The van der Waals surface area contributed by atoms with Gasteiger partial charge in [0.15, 0.2) is 11.6 Å². The van der Waals surface area contributed by atoms with Crippen LogP contribution in [0.2, 0.25) is 0 Å². The Labute approximate surface area is 137 Å². The van der Waals surface area contributed by atoms with Crippen molar-refractivity contribution in [2.45, 2.75) is 12.3 Å². The second-order valence-electron chi connectivity index (χ2n) is 5.51. The van der Waals surface area contributed by atoms with Gasteiger partial charge >= 0.3 is 0 Å². The zero-order chi connectivity index (χ0) is 16.5. The van der Waals surface area contributed by atoms with E-state index in [2.05, 4.69) is 10.1 Å². The average molecular weight is 325 g/mol. The quantitative estimate of drug-likeness (QED) is 0.733. The molecule has 0 radical (unpaired) electrons. The highest BCUT2D eigenvalue weighted by atomic mass is 16.5. The summed E-state index contributed by atoms with van der Waals surface area (Å²) in [4.78, 5) is 18.5. The Morgan fingerprint density at radius 1 is 1.25 bits per heavy atom. The fourth-order valence-electron chi connectivity index (χ4n) is 2.87. The van der Waals surface area contributed by atoms with E-state index in [4.69, 9.17) is 13.7 Å². The lowest BCUT2D eigenvalue weighted by Gasteiger charge is -2.18. The van der Waals surface area contributed by atoms with Gasteiger partial charge in [-0.1, -0.05) is 17.3 Å². The summed E-state index contributed by atoms with van der Waals surface area (Å²) < 4.78 is 15.8. The van der Waals surface area contributed by atoms with E-state index in [9.17, 15) is 4.79 Å². The Bertz CT molecular complexity index is 856. The van der Waals surface area contributed by atoms with Gasteiger partial charge in [0.25, 0.3) is 5.89 Å². The van der Waals surface area contributed by atoms with Crippen molar-refractivity contribution >= 4 is 11.6 Å². The number of hydrogen-bond acceptors (Lipinski definition) is 6. The Kier molecular flexibility index (Phi) is 3.53. The predicted molar refractivity (Wildman–Crippen MR) is 84.7 cm³/mol. The monoisotopic (exact) mass is 325 g/mol. The third-order valence-corrected chi connectivity index (χ3v) is 4.04. The van der Waals surface area contributed by atoms with Gasteiger partial charge in [0.1, 0.15) is 5.75 Å². The van der Waals surface area contributed by atoms with Crippen LogP contribution in [0.1, 0.15) is 18.2 Å². The summed E-state index contributed by atoms with van der Waals surface area (Å²) in [5.74, 6) is 1.88. The van der Waals surface area contributed by atoms with Crippen LogP contribution in [0, 0.1) is 0 Å². The van der Waals surface area contributed by atoms with Gasteiger partial charge in [-0.15, -0.1) is 0 Å². The normalized spacial score (nSPS) is 17.5. The van der Waals surface area contributed by atoms with E-state index >= 15 is 0 Å². The van der Waals surface area contributed by atoms with Crippen LogP contribution in [0.3, 0.4) is 0 Å². The summed E-state index contributed by atoms with van der Waals surface area (Å²) in [6, 6.07) is 10.9. The summed E-state index contributed by atoms with van der Waals surface area (Å²) in [5.41, 5.74) is 0.752. The number of ether oxygens (including phenoxy) is 1. The number of carbonyl (C=O) groups excluding carboxylic acids is 1. The highest BCUT2D eigenvalue weighted by molar-refractivity contribution is 5.97. The predicted octanol–water partition coefficient (Wildman–Crippen LogP) is 2.86. The molecule has 0 N–H and O–H groups in total. The molecule has 2 aromatic heterocycles. The molecular formula is C17H15N3O4. The summed E-state index contributed by atoms with van der Waals surface area (Å²) in [6.07, 6.45) is 1.87. The number of amides is 1. The molecule has 1 amide bonds. The molecule has 0 saturated carbocycles. The van der Waals surface area contributed by atoms with Crippen LogP contribution < -0.4 is 9.64 Å². The third kappa shape index (κ3) is 2.44. The molecule has 122 valence electrons. The average Bonchev–Trinajstić information content (AvgIpc) is 3.34. The topological polar surface area (TPSA) is 81.6 Å². The van der Waals surface area contributed by atoms with E-state index in [1.165, 1.54) is 0 Å². The number of carbonyl (C=O) groups is 1. The number of para-hydroxylation sites is 2. The number of benzene rings is 1. The van der Waals surface area contributed by atoms with Crippen LogP contribution in [-0.4, -0.2) is 29.7 Å². The maximum Gasteiger partial charge on any atom is 0.293 e. The van der Waals surface area contributed by atoms with Gasteiger partial charge in [-0.3, -0.25) is 4.79 Å². The van der Waals surface area contributed by atoms with Crippen molar-refractivity contribution in [3.8, 4) is 17.4 Å². The molecule has 7 nitrogen and oxygen atoms in total. The van der Waals surface area contributed by atoms with Gasteiger partial charge in [-0.05, 0) is 24.3 Å². The summed E-state index contributed by atoms with van der Waals surface area (Å²) in [5, 5.41) is 4.00. The zero-order valence-electron chi connectivity index (χ0n) is 13.0. The lowest BCUT2D eigenvalue weighted by atomic mass is 10.1. The van der Waals surface area contributed by atoms with Crippen molar-refractivity contribution in [1.82, 2.24) is 10.1 Å². The fraction of sp³-hybridized carbons (Fsp3) is 0.235. The molecule has 1 atom stereocenters. The Balaban J connectivity index is 1.58. The van der Waals surface area contributed by atoms with Crippen molar-refractivity contribution in [3.63, 3.8) is 0 Å². The van der Waals surface area contributed by atoms with E-state index in [-0.39, 0.29) is 11.8 Å². The first-order chi connectivity index (χ1) is 11.8. The number of anilines is 1. The van der Waals surface area contributed by atoms with Gasteiger partial charge in [0.2, 0.25) is 5.91 Å². The number of nitrogens with zero attached hydrogens (tertiary/aromatic N) is 3. The van der Waals surface area contributed by atoms with Crippen molar-refractivity contribution in [3.05, 3.63) is 48.5 Å². The molecule has 4 rings (SSSR count). The molecule has 0 aliphatic carbocycles. The van der Waals surface area contributed by atoms with Crippen LogP contribution in [0.4, 0.5) is 5.69 Å². The molecule has 1 saturated heterocycles. The first kappa shape index (κ1) is 14.5. The number of rotatable bonds is 4. The van der Waals surface area contributed by atoms with Crippen molar-refractivity contribution in [2.24, 2.45) is 0 Å². The summed E-state index contributed by atoms with van der Waals surface area (Å²) in [6.45, 7) is 0.482. The van der Waals surface area contributed by atoms with Crippen LogP contribution in [-0.2, 0) is 4.79 Å².